The summed E-state index contributed by atoms with van der Waals surface area (Å²) in [6, 6.07) is 21.8. The smallest absolute Gasteiger partial charge is 0.335 e. The number of hydrogen-bond acceptors (Lipinski definition) is 3. The van der Waals surface area contributed by atoms with Crippen molar-refractivity contribution in [2.75, 3.05) is 0 Å². The van der Waals surface area contributed by atoms with Crippen LogP contribution in [0.25, 0.3) is 0 Å². The minimum absolute atomic E-state index is 0.137. The average molecular weight is 394 g/mol. The monoisotopic (exact) mass is 394 g/mol. The Kier molecular flexibility index (Phi) is 5.40. The third-order valence-electron chi connectivity index (χ3n) is 4.78. The number of carbonyl (C=O) groups is 2. The average Bonchev–Trinajstić information content (AvgIpc) is 2.79. The molecule has 5 nitrogen and oxygen atoms in total. The second-order valence-electron chi connectivity index (χ2n) is 6.87. The molecule has 0 unspecified atom stereocenters. The zero-order valence-corrected chi connectivity index (χ0v) is 16.1. The molecule has 146 valence electrons. The van der Waals surface area contributed by atoms with Gasteiger partial charge in [-0.15, -0.1) is 0 Å². The Labute approximate surface area is 174 Å². The molecule has 0 spiro atoms. The van der Waals surface area contributed by atoms with Gasteiger partial charge in [-0.3, -0.25) is 4.79 Å². The van der Waals surface area contributed by atoms with E-state index in [1.165, 1.54) is 34.8 Å². The normalized spacial score (nSPS) is 11.9. The molecule has 1 amide bonds. The number of rotatable bonds is 3. The highest BCUT2D eigenvalue weighted by molar-refractivity contribution is 5.97. The Balaban J connectivity index is 1.48. The molecule has 3 aromatic rings. The van der Waals surface area contributed by atoms with E-state index in [-0.39, 0.29) is 11.5 Å². The number of fused-ring (bicyclic) bond motifs is 1. The molecule has 30 heavy (non-hydrogen) atoms. The van der Waals surface area contributed by atoms with Gasteiger partial charge in [-0.2, -0.15) is 5.10 Å². The molecular formula is C25H18N2O3. The van der Waals surface area contributed by atoms with Crippen LogP contribution in [0.3, 0.4) is 0 Å². The van der Waals surface area contributed by atoms with Crippen LogP contribution in [0.15, 0.2) is 77.9 Å². The molecule has 0 saturated heterocycles. The molecule has 1 aliphatic rings. The van der Waals surface area contributed by atoms with Crippen molar-refractivity contribution in [1.82, 2.24) is 5.01 Å². The summed E-state index contributed by atoms with van der Waals surface area (Å²) in [6.07, 6.45) is 2.33. The first-order valence-electron chi connectivity index (χ1n) is 9.45. The maximum absolute atomic E-state index is 12.7. The Morgan fingerprint density at radius 3 is 2.43 bits per heavy atom. The number of hydrazone groups is 1. The number of carbonyl (C=O) groups excluding carboxylic acids is 1. The van der Waals surface area contributed by atoms with Crippen molar-refractivity contribution >= 4 is 18.1 Å². The van der Waals surface area contributed by atoms with Crippen molar-refractivity contribution in [3.63, 3.8) is 0 Å². The van der Waals surface area contributed by atoms with Crippen LogP contribution in [-0.2, 0) is 13.0 Å². The first kappa shape index (κ1) is 19.2. The summed E-state index contributed by atoms with van der Waals surface area (Å²) in [6.45, 7) is 0.333. The molecule has 3 aromatic carbocycles. The lowest BCUT2D eigenvalue weighted by Crippen LogP contribution is -2.28. The summed E-state index contributed by atoms with van der Waals surface area (Å²) in [7, 11) is 0. The number of carboxylic acids is 1. The van der Waals surface area contributed by atoms with Gasteiger partial charge in [0.1, 0.15) is 0 Å². The lowest BCUT2D eigenvalue weighted by atomic mass is 10.0. The summed E-state index contributed by atoms with van der Waals surface area (Å²) >= 11 is 0. The number of nitrogens with zero attached hydrogens (tertiary/aromatic N) is 2. The van der Waals surface area contributed by atoms with E-state index in [4.69, 9.17) is 5.11 Å². The zero-order valence-electron chi connectivity index (χ0n) is 16.1. The third-order valence-corrected chi connectivity index (χ3v) is 4.78. The summed E-state index contributed by atoms with van der Waals surface area (Å²) in [4.78, 5) is 23.7. The Morgan fingerprint density at radius 2 is 1.70 bits per heavy atom. The molecule has 0 aromatic heterocycles. The topological polar surface area (TPSA) is 70.0 Å². The Hall–Kier alpha value is -4.17. The van der Waals surface area contributed by atoms with E-state index in [0.717, 1.165) is 16.7 Å². The lowest BCUT2D eigenvalue weighted by molar-refractivity contribution is 0.0693. The van der Waals surface area contributed by atoms with E-state index in [1.54, 1.807) is 6.21 Å². The molecule has 0 saturated carbocycles. The number of aromatic carboxylic acids is 1. The molecule has 0 bridgehead atoms. The second kappa shape index (κ2) is 8.46. The maximum atomic E-state index is 12.7. The molecular weight excluding hydrogens is 376 g/mol. The van der Waals surface area contributed by atoms with E-state index < -0.39 is 5.97 Å². The summed E-state index contributed by atoms with van der Waals surface area (Å²) in [5.74, 6) is 5.06. The molecule has 4 rings (SSSR count). The van der Waals surface area contributed by atoms with Gasteiger partial charge in [0.15, 0.2) is 0 Å². The number of amides is 1. The SMILES string of the molecule is O=C(O)c1ccc(C(=O)N2Cc3cc(C#CCc4ccccc4)ccc3C=N2)cc1. The van der Waals surface area contributed by atoms with E-state index in [1.807, 2.05) is 48.5 Å². The van der Waals surface area contributed by atoms with Gasteiger partial charge in [-0.25, -0.2) is 9.80 Å². The molecule has 0 aliphatic carbocycles. The van der Waals surface area contributed by atoms with Gasteiger partial charge >= 0.3 is 5.97 Å². The molecule has 0 atom stereocenters. The highest BCUT2D eigenvalue weighted by atomic mass is 16.4. The molecule has 1 N–H and O–H groups in total. The van der Waals surface area contributed by atoms with Gasteiger partial charge < -0.3 is 5.11 Å². The summed E-state index contributed by atoms with van der Waals surface area (Å²) in [5.41, 5.74) is 4.50. The van der Waals surface area contributed by atoms with Crippen LogP contribution in [0.1, 0.15) is 43.0 Å². The molecule has 0 radical (unpaired) electrons. The van der Waals surface area contributed by atoms with E-state index >= 15 is 0 Å². The number of carboxylic acid groups (broad SMARTS) is 1. The molecule has 1 aliphatic heterocycles. The standard InChI is InChI=1S/C25H18N2O3/c28-24(20-11-13-21(14-12-20)25(29)30)27-17-23-15-19(9-10-22(23)16-26-27)8-4-7-18-5-2-1-3-6-18/h1-3,5-6,9-16H,7,17H2,(H,29,30). The van der Waals surface area contributed by atoms with Crippen LogP contribution < -0.4 is 0 Å². The van der Waals surface area contributed by atoms with Crippen molar-refractivity contribution in [1.29, 1.82) is 0 Å². The van der Waals surface area contributed by atoms with Crippen LogP contribution in [-0.4, -0.2) is 28.2 Å². The highest BCUT2D eigenvalue weighted by Crippen LogP contribution is 2.19. The lowest BCUT2D eigenvalue weighted by Gasteiger charge is -2.22. The van der Waals surface area contributed by atoms with Gasteiger partial charge in [0.25, 0.3) is 5.91 Å². The molecule has 5 heteroatoms. The quantitative estimate of drug-likeness (QED) is 0.684. The van der Waals surface area contributed by atoms with Crippen LogP contribution in [0, 0.1) is 11.8 Å². The van der Waals surface area contributed by atoms with E-state index in [9.17, 15) is 9.59 Å². The second-order valence-corrected chi connectivity index (χ2v) is 6.87. The predicted octanol–water partition coefficient (Wildman–Crippen LogP) is 3.97. The number of hydrogen-bond donors (Lipinski definition) is 1. The van der Waals surface area contributed by atoms with Gasteiger partial charge in [0.2, 0.25) is 0 Å². The predicted molar refractivity (Wildman–Crippen MR) is 114 cm³/mol. The first-order valence-corrected chi connectivity index (χ1v) is 9.45. The Morgan fingerprint density at radius 1 is 0.967 bits per heavy atom. The van der Waals surface area contributed by atoms with E-state index in [2.05, 4.69) is 16.9 Å². The van der Waals surface area contributed by atoms with Crippen LogP contribution in [0.4, 0.5) is 0 Å². The minimum atomic E-state index is -1.03. The largest absolute Gasteiger partial charge is 0.478 e. The van der Waals surface area contributed by atoms with Crippen molar-refractivity contribution in [3.05, 3.63) is 106 Å². The van der Waals surface area contributed by atoms with Crippen LogP contribution in [0.2, 0.25) is 0 Å². The fraction of sp³-hybridized carbons (Fsp3) is 0.0800. The van der Waals surface area contributed by atoms with E-state index in [0.29, 0.717) is 18.5 Å². The highest BCUT2D eigenvalue weighted by Gasteiger charge is 2.20. The first-order chi connectivity index (χ1) is 14.6. The molecule has 0 fully saturated rings. The number of benzene rings is 3. The van der Waals surface area contributed by atoms with Crippen LogP contribution in [0.5, 0.6) is 0 Å². The van der Waals surface area contributed by atoms with Crippen molar-refractivity contribution in [3.8, 4) is 11.8 Å². The van der Waals surface area contributed by atoms with Gasteiger partial charge in [0.05, 0.1) is 18.3 Å². The minimum Gasteiger partial charge on any atom is -0.478 e. The summed E-state index contributed by atoms with van der Waals surface area (Å²) < 4.78 is 0. The fourth-order valence-electron chi connectivity index (χ4n) is 3.15. The van der Waals surface area contributed by atoms with Gasteiger partial charge in [0, 0.05) is 17.5 Å². The maximum Gasteiger partial charge on any atom is 0.335 e. The van der Waals surface area contributed by atoms with Gasteiger partial charge in [-0.1, -0.05) is 48.2 Å². The summed E-state index contributed by atoms with van der Waals surface area (Å²) in [5, 5.41) is 14.6. The van der Waals surface area contributed by atoms with Crippen molar-refractivity contribution in [2.45, 2.75) is 13.0 Å². The van der Waals surface area contributed by atoms with Crippen molar-refractivity contribution < 1.29 is 14.7 Å². The Bertz CT molecular complexity index is 1190. The van der Waals surface area contributed by atoms with Crippen molar-refractivity contribution in [2.24, 2.45) is 5.10 Å². The van der Waals surface area contributed by atoms with Crippen LogP contribution >= 0.6 is 0 Å². The molecule has 1 heterocycles. The zero-order chi connectivity index (χ0) is 20.9. The third kappa shape index (κ3) is 4.29. The van der Waals surface area contributed by atoms with Gasteiger partial charge in [-0.05, 0) is 53.1 Å². The fourth-order valence-corrected chi connectivity index (χ4v) is 3.15.